The molecule has 11 heteroatoms. The Balaban J connectivity index is 1.58. The number of aryl methyl sites for hydroxylation is 1. The van der Waals surface area contributed by atoms with Crippen molar-refractivity contribution in [2.75, 3.05) is 4.72 Å². The Morgan fingerprint density at radius 3 is 2.73 bits per heavy atom. The van der Waals surface area contributed by atoms with Crippen LogP contribution in [0.3, 0.4) is 0 Å². The lowest BCUT2D eigenvalue weighted by molar-refractivity contribution is 0.581. The van der Waals surface area contributed by atoms with Crippen molar-refractivity contribution in [3.05, 3.63) is 65.1 Å². The predicted octanol–water partition coefficient (Wildman–Crippen LogP) is 4.95. The van der Waals surface area contributed by atoms with Gasteiger partial charge in [-0.15, -0.1) is 10.2 Å². The fourth-order valence-corrected chi connectivity index (χ4v) is 5.50. The van der Waals surface area contributed by atoms with Gasteiger partial charge in [0.05, 0.1) is 26.7 Å². The number of rotatable bonds is 4. The average Bonchev–Trinajstić information content (AvgIpc) is 3.03. The summed E-state index contributed by atoms with van der Waals surface area (Å²) < 4.78 is 59.8. The van der Waals surface area contributed by atoms with Gasteiger partial charge in [0.25, 0.3) is 10.0 Å². The molecule has 1 N–H and O–H groups in total. The molecule has 3 heterocycles. The monoisotopic (exact) mass is 489 g/mol. The van der Waals surface area contributed by atoms with E-state index in [2.05, 4.69) is 19.9 Å². The van der Waals surface area contributed by atoms with Crippen molar-refractivity contribution in [3.8, 4) is 11.4 Å². The number of hydrogen-bond acceptors (Lipinski definition) is 5. The van der Waals surface area contributed by atoms with E-state index in [-0.39, 0.29) is 26.7 Å². The van der Waals surface area contributed by atoms with E-state index in [4.69, 9.17) is 11.6 Å². The van der Waals surface area contributed by atoms with Gasteiger partial charge in [-0.25, -0.2) is 17.2 Å². The summed E-state index contributed by atoms with van der Waals surface area (Å²) in [5, 5.41) is 8.81. The van der Waals surface area contributed by atoms with E-state index in [1.165, 1.54) is 18.3 Å². The van der Waals surface area contributed by atoms with Crippen LogP contribution < -0.4 is 4.72 Å². The molecule has 0 radical (unpaired) electrons. The molecule has 33 heavy (non-hydrogen) atoms. The van der Waals surface area contributed by atoms with Crippen LogP contribution in [-0.2, 0) is 23.0 Å². The number of anilines is 1. The van der Waals surface area contributed by atoms with Gasteiger partial charge in [0.2, 0.25) is 0 Å². The molecule has 0 fully saturated rings. The van der Waals surface area contributed by atoms with Crippen LogP contribution in [0.5, 0.6) is 0 Å². The first-order valence-electron chi connectivity index (χ1n) is 10.3. The molecule has 0 amide bonds. The number of sulfonamides is 1. The van der Waals surface area contributed by atoms with Gasteiger partial charge in [-0.1, -0.05) is 18.0 Å². The maximum atomic E-state index is 14.8. The molecule has 7 nitrogen and oxygen atoms in total. The van der Waals surface area contributed by atoms with Crippen molar-refractivity contribution >= 4 is 38.2 Å². The molecule has 0 saturated heterocycles. The summed E-state index contributed by atoms with van der Waals surface area (Å²) in [6.07, 6.45) is 5.07. The van der Waals surface area contributed by atoms with Gasteiger partial charge in [-0.05, 0) is 43.2 Å². The number of benzene rings is 2. The molecular formula is C22H18ClF2N5O2S. The Bertz CT molecular complexity index is 1490. The van der Waals surface area contributed by atoms with Crippen LogP contribution in [0, 0.1) is 11.6 Å². The number of nitrogens with zero attached hydrogens (tertiary/aromatic N) is 4. The lowest BCUT2D eigenvalue weighted by atomic mass is 10.1. The SMILES string of the molecule is O=S(=O)(Nc1cc(-c2nnc3n2CCCCC3)c(F)cc1F)c1ccc(Cl)c2ncccc12. The molecule has 4 aromatic rings. The third kappa shape index (κ3) is 3.93. The van der Waals surface area contributed by atoms with Gasteiger partial charge < -0.3 is 4.57 Å². The van der Waals surface area contributed by atoms with Crippen LogP contribution in [-0.4, -0.2) is 28.2 Å². The molecule has 0 unspecified atom stereocenters. The Morgan fingerprint density at radius 2 is 1.88 bits per heavy atom. The minimum absolute atomic E-state index is 0.0302. The second kappa shape index (κ2) is 8.35. The van der Waals surface area contributed by atoms with E-state index < -0.39 is 27.3 Å². The number of nitrogens with one attached hydrogen (secondary N) is 1. The molecule has 0 aliphatic carbocycles. The largest absolute Gasteiger partial charge is 0.311 e. The fraction of sp³-hybridized carbons (Fsp3) is 0.227. The topological polar surface area (TPSA) is 89.8 Å². The zero-order valence-electron chi connectivity index (χ0n) is 17.2. The molecule has 2 aromatic heterocycles. The number of aromatic nitrogens is 4. The Morgan fingerprint density at radius 1 is 1.03 bits per heavy atom. The number of halogens is 3. The van der Waals surface area contributed by atoms with Gasteiger partial charge >= 0.3 is 0 Å². The molecule has 1 aliphatic rings. The van der Waals surface area contributed by atoms with Crippen molar-refractivity contribution in [1.29, 1.82) is 0 Å². The lowest BCUT2D eigenvalue weighted by Crippen LogP contribution is -2.15. The van der Waals surface area contributed by atoms with E-state index in [1.54, 1.807) is 16.7 Å². The normalized spacial score (nSPS) is 14.2. The van der Waals surface area contributed by atoms with Crippen molar-refractivity contribution < 1.29 is 17.2 Å². The van der Waals surface area contributed by atoms with Gasteiger partial charge in [-0.3, -0.25) is 9.71 Å². The summed E-state index contributed by atoms with van der Waals surface area (Å²) in [5.41, 5.74) is -0.129. The highest BCUT2D eigenvalue weighted by Crippen LogP contribution is 2.32. The maximum absolute atomic E-state index is 14.8. The van der Waals surface area contributed by atoms with Gasteiger partial charge in [-0.2, -0.15) is 0 Å². The van der Waals surface area contributed by atoms with Gasteiger partial charge in [0, 0.05) is 30.6 Å². The second-order valence-electron chi connectivity index (χ2n) is 7.76. The first-order valence-corrected chi connectivity index (χ1v) is 12.2. The Labute approximate surface area is 193 Å². The van der Waals surface area contributed by atoms with Gasteiger partial charge in [0.15, 0.2) is 5.82 Å². The van der Waals surface area contributed by atoms with Crippen molar-refractivity contribution in [3.63, 3.8) is 0 Å². The highest BCUT2D eigenvalue weighted by atomic mass is 35.5. The third-order valence-corrected chi connectivity index (χ3v) is 7.35. The van der Waals surface area contributed by atoms with E-state index in [0.29, 0.717) is 24.5 Å². The summed E-state index contributed by atoms with van der Waals surface area (Å²) in [5.74, 6) is -0.928. The highest BCUT2D eigenvalue weighted by Gasteiger charge is 2.24. The molecule has 0 atom stereocenters. The number of pyridine rings is 1. The first kappa shape index (κ1) is 21.7. The van der Waals surface area contributed by atoms with Crippen molar-refractivity contribution in [2.24, 2.45) is 0 Å². The summed E-state index contributed by atoms with van der Waals surface area (Å²) >= 11 is 6.13. The maximum Gasteiger partial charge on any atom is 0.262 e. The molecule has 1 aliphatic heterocycles. The van der Waals surface area contributed by atoms with Crippen LogP contribution in [0.15, 0.2) is 47.5 Å². The lowest BCUT2D eigenvalue weighted by Gasteiger charge is -2.14. The Hall–Kier alpha value is -3.11. The smallest absolute Gasteiger partial charge is 0.262 e. The number of fused-ring (bicyclic) bond motifs is 2. The van der Waals surface area contributed by atoms with Crippen LogP contribution in [0.25, 0.3) is 22.3 Å². The fourth-order valence-electron chi connectivity index (χ4n) is 4.03. The van der Waals surface area contributed by atoms with E-state index in [9.17, 15) is 17.2 Å². The molecule has 170 valence electrons. The van der Waals surface area contributed by atoms with Crippen LogP contribution >= 0.6 is 11.6 Å². The molecular weight excluding hydrogens is 472 g/mol. The van der Waals surface area contributed by atoms with Crippen molar-refractivity contribution in [1.82, 2.24) is 19.7 Å². The summed E-state index contributed by atoms with van der Waals surface area (Å²) in [4.78, 5) is 3.99. The summed E-state index contributed by atoms with van der Waals surface area (Å²) in [6.45, 7) is 0.610. The first-order chi connectivity index (χ1) is 15.8. The average molecular weight is 490 g/mol. The summed E-state index contributed by atoms with van der Waals surface area (Å²) in [7, 11) is -4.25. The molecule has 0 saturated carbocycles. The quantitative estimate of drug-likeness (QED) is 0.438. The van der Waals surface area contributed by atoms with Gasteiger partial charge in [0.1, 0.15) is 17.5 Å². The van der Waals surface area contributed by atoms with Crippen molar-refractivity contribution in [2.45, 2.75) is 37.1 Å². The molecule has 5 rings (SSSR count). The zero-order valence-corrected chi connectivity index (χ0v) is 18.8. The van der Waals surface area contributed by atoms with E-state index in [1.807, 2.05) is 0 Å². The van der Waals surface area contributed by atoms with Crippen LogP contribution in [0.2, 0.25) is 5.02 Å². The highest BCUT2D eigenvalue weighted by molar-refractivity contribution is 7.93. The molecule has 0 bridgehead atoms. The zero-order chi connectivity index (χ0) is 23.2. The number of hydrogen-bond donors (Lipinski definition) is 1. The van der Waals surface area contributed by atoms with Crippen LogP contribution in [0.1, 0.15) is 25.1 Å². The Kier molecular flexibility index (Phi) is 5.49. The molecule has 0 spiro atoms. The summed E-state index contributed by atoms with van der Waals surface area (Å²) in [6, 6.07) is 7.61. The predicted molar refractivity (Wildman–Crippen MR) is 120 cm³/mol. The van der Waals surface area contributed by atoms with E-state index >= 15 is 0 Å². The standard InChI is InChI=1S/C22H18ClF2N5O2S/c23-15-7-8-19(13-5-4-9-26-21(13)15)33(31,32)29-18-11-14(16(24)12-17(18)25)22-28-27-20-6-2-1-3-10-30(20)22/h4-5,7-9,11-12,29H,1-3,6,10H2. The minimum atomic E-state index is -4.25. The third-order valence-electron chi connectivity index (χ3n) is 5.62. The minimum Gasteiger partial charge on any atom is -0.311 e. The van der Waals surface area contributed by atoms with E-state index in [0.717, 1.165) is 31.2 Å². The second-order valence-corrected chi connectivity index (χ2v) is 9.82. The molecule has 2 aromatic carbocycles. The van der Waals surface area contributed by atoms with Crippen LogP contribution in [0.4, 0.5) is 14.5 Å².